The molecule has 0 radical (unpaired) electrons. The zero-order chi connectivity index (χ0) is 10.6. The van der Waals surface area contributed by atoms with E-state index in [0.717, 1.165) is 23.3 Å². The SMILES string of the molecule is C=C(CC(C)N)c1ccccc1OC. The summed E-state index contributed by atoms with van der Waals surface area (Å²) >= 11 is 0. The Hall–Kier alpha value is -1.28. The van der Waals surface area contributed by atoms with Crippen molar-refractivity contribution in [1.29, 1.82) is 0 Å². The van der Waals surface area contributed by atoms with E-state index < -0.39 is 0 Å². The summed E-state index contributed by atoms with van der Waals surface area (Å²) in [4.78, 5) is 0. The van der Waals surface area contributed by atoms with Crippen LogP contribution in [-0.4, -0.2) is 13.2 Å². The highest BCUT2D eigenvalue weighted by atomic mass is 16.5. The number of hydrogen-bond acceptors (Lipinski definition) is 2. The van der Waals surface area contributed by atoms with Gasteiger partial charge in [-0.1, -0.05) is 24.8 Å². The van der Waals surface area contributed by atoms with Gasteiger partial charge in [-0.3, -0.25) is 0 Å². The van der Waals surface area contributed by atoms with E-state index in [9.17, 15) is 0 Å². The van der Waals surface area contributed by atoms with Crippen molar-refractivity contribution in [3.8, 4) is 5.75 Å². The average molecular weight is 191 g/mol. The molecule has 0 spiro atoms. The molecule has 1 atom stereocenters. The van der Waals surface area contributed by atoms with Crippen LogP contribution in [0.25, 0.3) is 5.57 Å². The molecule has 2 heteroatoms. The van der Waals surface area contributed by atoms with Crippen LogP contribution in [0, 0.1) is 0 Å². The first kappa shape index (κ1) is 10.8. The predicted octanol–water partition coefficient (Wildman–Crippen LogP) is 2.45. The van der Waals surface area contributed by atoms with Crippen LogP contribution in [0.2, 0.25) is 0 Å². The minimum Gasteiger partial charge on any atom is -0.496 e. The molecule has 1 rings (SSSR count). The average Bonchev–Trinajstić information content (AvgIpc) is 2.16. The van der Waals surface area contributed by atoms with Crippen LogP contribution in [0.3, 0.4) is 0 Å². The number of rotatable bonds is 4. The summed E-state index contributed by atoms with van der Waals surface area (Å²) in [6, 6.07) is 7.99. The number of nitrogens with two attached hydrogens (primary N) is 1. The molecule has 2 N–H and O–H groups in total. The molecule has 76 valence electrons. The van der Waals surface area contributed by atoms with Crippen molar-refractivity contribution >= 4 is 5.57 Å². The summed E-state index contributed by atoms with van der Waals surface area (Å²) in [6.07, 6.45) is 0.792. The minimum atomic E-state index is 0.132. The second-order valence-corrected chi connectivity index (χ2v) is 3.49. The molecule has 0 saturated heterocycles. The standard InChI is InChI=1S/C12H17NO/c1-9(8-10(2)13)11-6-4-5-7-12(11)14-3/h4-7,10H,1,8,13H2,2-3H3. The lowest BCUT2D eigenvalue weighted by Crippen LogP contribution is -2.14. The van der Waals surface area contributed by atoms with Crippen molar-refractivity contribution in [2.24, 2.45) is 5.73 Å². The fourth-order valence-corrected chi connectivity index (χ4v) is 1.44. The van der Waals surface area contributed by atoms with Crippen LogP contribution >= 0.6 is 0 Å². The van der Waals surface area contributed by atoms with Crippen LogP contribution in [0.1, 0.15) is 18.9 Å². The van der Waals surface area contributed by atoms with Gasteiger partial charge in [0.1, 0.15) is 5.75 Å². The molecule has 0 aliphatic rings. The van der Waals surface area contributed by atoms with Gasteiger partial charge in [-0.25, -0.2) is 0 Å². The molecular weight excluding hydrogens is 174 g/mol. The van der Waals surface area contributed by atoms with Gasteiger partial charge in [-0.05, 0) is 25.0 Å². The van der Waals surface area contributed by atoms with Crippen molar-refractivity contribution in [3.63, 3.8) is 0 Å². The van der Waals surface area contributed by atoms with Gasteiger partial charge < -0.3 is 10.5 Å². The third-order valence-corrected chi connectivity index (χ3v) is 2.06. The lowest BCUT2D eigenvalue weighted by molar-refractivity contribution is 0.413. The normalized spacial score (nSPS) is 12.2. The number of methoxy groups -OCH3 is 1. The molecule has 0 amide bonds. The first-order valence-electron chi connectivity index (χ1n) is 4.72. The monoisotopic (exact) mass is 191 g/mol. The molecule has 2 nitrogen and oxygen atoms in total. The molecule has 0 fully saturated rings. The Bertz CT molecular complexity index is 318. The van der Waals surface area contributed by atoms with E-state index in [2.05, 4.69) is 6.58 Å². The highest BCUT2D eigenvalue weighted by Crippen LogP contribution is 2.26. The van der Waals surface area contributed by atoms with Gasteiger partial charge in [0, 0.05) is 11.6 Å². The quantitative estimate of drug-likeness (QED) is 0.793. The van der Waals surface area contributed by atoms with Crippen molar-refractivity contribution < 1.29 is 4.74 Å². The number of para-hydroxylation sites is 1. The summed E-state index contributed by atoms with van der Waals surface area (Å²) in [5.41, 5.74) is 7.79. The van der Waals surface area contributed by atoms with E-state index in [1.54, 1.807) is 7.11 Å². The zero-order valence-corrected chi connectivity index (χ0v) is 8.79. The van der Waals surface area contributed by atoms with Gasteiger partial charge in [-0.15, -0.1) is 0 Å². The van der Waals surface area contributed by atoms with Gasteiger partial charge in [0.25, 0.3) is 0 Å². The van der Waals surface area contributed by atoms with Crippen LogP contribution in [0.15, 0.2) is 30.8 Å². The molecule has 14 heavy (non-hydrogen) atoms. The van der Waals surface area contributed by atoms with Crippen LogP contribution < -0.4 is 10.5 Å². The summed E-state index contributed by atoms with van der Waals surface area (Å²) in [7, 11) is 1.66. The third-order valence-electron chi connectivity index (χ3n) is 2.06. The lowest BCUT2D eigenvalue weighted by atomic mass is 10.0. The van der Waals surface area contributed by atoms with Crippen molar-refractivity contribution in [2.45, 2.75) is 19.4 Å². The fraction of sp³-hybridized carbons (Fsp3) is 0.333. The molecule has 0 aromatic heterocycles. The van der Waals surface area contributed by atoms with Crippen LogP contribution in [0.4, 0.5) is 0 Å². The van der Waals surface area contributed by atoms with E-state index in [-0.39, 0.29) is 6.04 Å². The molecule has 1 aromatic carbocycles. The van der Waals surface area contributed by atoms with E-state index in [1.807, 2.05) is 31.2 Å². The highest BCUT2D eigenvalue weighted by Gasteiger charge is 2.06. The number of benzene rings is 1. The maximum Gasteiger partial charge on any atom is 0.126 e. The lowest BCUT2D eigenvalue weighted by Gasteiger charge is -2.12. The number of hydrogen-bond donors (Lipinski definition) is 1. The Morgan fingerprint density at radius 3 is 2.71 bits per heavy atom. The Morgan fingerprint density at radius 2 is 2.14 bits per heavy atom. The molecule has 0 aliphatic carbocycles. The van der Waals surface area contributed by atoms with E-state index in [4.69, 9.17) is 10.5 Å². The molecule has 0 aliphatic heterocycles. The molecular formula is C12H17NO. The Morgan fingerprint density at radius 1 is 1.50 bits per heavy atom. The molecule has 0 saturated carbocycles. The summed E-state index contributed by atoms with van der Waals surface area (Å²) in [5.74, 6) is 0.859. The van der Waals surface area contributed by atoms with Crippen LogP contribution in [-0.2, 0) is 0 Å². The molecule has 0 heterocycles. The van der Waals surface area contributed by atoms with E-state index >= 15 is 0 Å². The van der Waals surface area contributed by atoms with Gasteiger partial charge in [0.2, 0.25) is 0 Å². The Balaban J connectivity index is 2.88. The summed E-state index contributed by atoms with van der Waals surface area (Å²) in [5, 5.41) is 0. The van der Waals surface area contributed by atoms with Gasteiger partial charge in [0.05, 0.1) is 7.11 Å². The molecule has 1 aromatic rings. The zero-order valence-electron chi connectivity index (χ0n) is 8.79. The fourth-order valence-electron chi connectivity index (χ4n) is 1.44. The number of ether oxygens (including phenoxy) is 1. The molecule has 0 bridgehead atoms. The van der Waals surface area contributed by atoms with Gasteiger partial charge in [-0.2, -0.15) is 0 Å². The Labute approximate surface area is 85.4 Å². The van der Waals surface area contributed by atoms with Gasteiger partial charge in [0.15, 0.2) is 0 Å². The topological polar surface area (TPSA) is 35.2 Å². The van der Waals surface area contributed by atoms with E-state index in [1.165, 1.54) is 0 Å². The minimum absolute atomic E-state index is 0.132. The first-order valence-corrected chi connectivity index (χ1v) is 4.72. The largest absolute Gasteiger partial charge is 0.496 e. The maximum absolute atomic E-state index is 5.72. The third kappa shape index (κ3) is 2.60. The van der Waals surface area contributed by atoms with Crippen molar-refractivity contribution in [2.75, 3.05) is 7.11 Å². The van der Waals surface area contributed by atoms with Crippen molar-refractivity contribution in [3.05, 3.63) is 36.4 Å². The van der Waals surface area contributed by atoms with E-state index in [0.29, 0.717) is 0 Å². The van der Waals surface area contributed by atoms with Gasteiger partial charge >= 0.3 is 0 Å². The van der Waals surface area contributed by atoms with Crippen LogP contribution in [0.5, 0.6) is 5.75 Å². The second kappa shape index (κ2) is 4.82. The second-order valence-electron chi connectivity index (χ2n) is 3.49. The molecule has 1 unspecified atom stereocenters. The summed E-state index contributed by atoms with van der Waals surface area (Å²) < 4.78 is 5.25. The Kier molecular flexibility index (Phi) is 3.72. The first-order chi connectivity index (χ1) is 6.65. The predicted molar refractivity (Wildman–Crippen MR) is 60.3 cm³/mol. The van der Waals surface area contributed by atoms with Crippen molar-refractivity contribution in [1.82, 2.24) is 0 Å². The highest BCUT2D eigenvalue weighted by molar-refractivity contribution is 5.68. The maximum atomic E-state index is 5.72. The summed E-state index contributed by atoms with van der Waals surface area (Å²) in [6.45, 7) is 5.99. The smallest absolute Gasteiger partial charge is 0.126 e.